The van der Waals surface area contributed by atoms with Crippen LogP contribution in [0.5, 0.6) is 0 Å². The van der Waals surface area contributed by atoms with Gasteiger partial charge in [-0.1, -0.05) is 34.6 Å². The Balaban J connectivity index is 1.82. The van der Waals surface area contributed by atoms with Gasteiger partial charge in [0.15, 0.2) is 0 Å². The Morgan fingerprint density at radius 3 is 2.56 bits per heavy atom. The van der Waals surface area contributed by atoms with Gasteiger partial charge in [-0.05, 0) is 18.8 Å². The van der Waals surface area contributed by atoms with Crippen molar-refractivity contribution in [2.45, 2.75) is 58.9 Å². The molecule has 4 N–H and O–H groups in total. The first-order valence-electron chi connectivity index (χ1n) is 14.0. The van der Waals surface area contributed by atoms with Gasteiger partial charge in [-0.2, -0.15) is 10.6 Å². The lowest BCUT2D eigenvalue weighted by molar-refractivity contribution is -0.136. The van der Waals surface area contributed by atoms with Crippen LogP contribution >= 0.6 is 10.6 Å². The molecule has 0 unspecified atom stereocenters. The van der Waals surface area contributed by atoms with Crippen LogP contribution < -0.4 is 10.6 Å². The number of carbonyl (C=O) groups excluding carboxylic acids is 2. The Hall–Kier alpha value is -1.99. The van der Waals surface area contributed by atoms with Gasteiger partial charge in [-0.25, -0.2) is 9.97 Å². The number of nitrogens with zero attached hydrogens (tertiary/aromatic N) is 4. The van der Waals surface area contributed by atoms with Crippen LogP contribution in [-0.2, 0) is 14.9 Å². The minimum Gasteiger partial charge on any atom is -0.385 e. The molecule has 2 aliphatic heterocycles. The SMILES string of the molecule is COCCCNc1nc(C(C)(C)C)ncc1C(=O)N(CC(C)C)[C@@H]1CNC[C@H](C(=O)N2CCS(O)(O)CC2)C1. The first-order chi connectivity index (χ1) is 18.3. The van der Waals surface area contributed by atoms with Gasteiger partial charge in [0.1, 0.15) is 17.2 Å². The first-order valence-corrected chi connectivity index (χ1v) is 15.8. The quantitative estimate of drug-likeness (QED) is 0.314. The Morgan fingerprint density at radius 2 is 1.95 bits per heavy atom. The molecule has 12 heteroatoms. The number of nitrogens with one attached hydrogen (secondary N) is 2. The van der Waals surface area contributed by atoms with Crippen LogP contribution in [0, 0.1) is 11.8 Å². The monoisotopic (exact) mass is 568 g/mol. The van der Waals surface area contributed by atoms with Crippen molar-refractivity contribution < 1.29 is 23.4 Å². The molecule has 2 amide bonds. The fourth-order valence-electron chi connectivity index (χ4n) is 4.95. The van der Waals surface area contributed by atoms with E-state index in [1.54, 1.807) is 18.2 Å². The topological polar surface area (TPSA) is 140 Å². The third-order valence-electron chi connectivity index (χ3n) is 7.14. The zero-order valence-electron chi connectivity index (χ0n) is 24.4. The van der Waals surface area contributed by atoms with Gasteiger partial charge in [-0.3, -0.25) is 18.7 Å². The van der Waals surface area contributed by atoms with Crippen molar-refractivity contribution >= 4 is 28.2 Å². The minimum absolute atomic E-state index is 0.0115. The Bertz CT molecular complexity index is 976. The zero-order valence-corrected chi connectivity index (χ0v) is 25.2. The van der Waals surface area contributed by atoms with Crippen molar-refractivity contribution in [1.82, 2.24) is 25.1 Å². The fourth-order valence-corrected chi connectivity index (χ4v) is 6.18. The molecule has 0 aromatic carbocycles. The molecule has 2 aliphatic rings. The van der Waals surface area contributed by atoms with E-state index in [-0.39, 0.29) is 46.6 Å². The number of aromatic nitrogens is 2. The van der Waals surface area contributed by atoms with E-state index in [9.17, 15) is 18.7 Å². The predicted octanol–water partition coefficient (Wildman–Crippen LogP) is 2.89. The van der Waals surface area contributed by atoms with Gasteiger partial charge in [0, 0.05) is 70.6 Å². The number of hydrogen-bond acceptors (Lipinski definition) is 9. The third-order valence-corrected chi connectivity index (χ3v) is 8.81. The summed E-state index contributed by atoms with van der Waals surface area (Å²) >= 11 is 0. The van der Waals surface area contributed by atoms with Gasteiger partial charge in [0.25, 0.3) is 5.91 Å². The highest BCUT2D eigenvalue weighted by Crippen LogP contribution is 2.40. The van der Waals surface area contributed by atoms with Crippen LogP contribution in [0.25, 0.3) is 0 Å². The number of rotatable bonds is 10. The fraction of sp³-hybridized carbons (Fsp3) is 0.778. The number of amides is 2. The van der Waals surface area contributed by atoms with E-state index in [0.717, 1.165) is 6.42 Å². The predicted molar refractivity (Wildman–Crippen MR) is 156 cm³/mol. The second-order valence-electron chi connectivity index (χ2n) is 12.1. The van der Waals surface area contributed by atoms with E-state index in [0.29, 0.717) is 69.5 Å². The third kappa shape index (κ3) is 8.75. The number of piperidine rings is 1. The molecule has 222 valence electrons. The van der Waals surface area contributed by atoms with Gasteiger partial charge in [-0.15, -0.1) is 0 Å². The molecule has 11 nitrogen and oxygen atoms in total. The number of methoxy groups -OCH3 is 1. The van der Waals surface area contributed by atoms with Crippen LogP contribution in [0.3, 0.4) is 0 Å². The molecule has 2 fully saturated rings. The second kappa shape index (κ2) is 13.6. The summed E-state index contributed by atoms with van der Waals surface area (Å²) in [6.07, 6.45) is 2.96. The average Bonchev–Trinajstić information content (AvgIpc) is 2.88. The van der Waals surface area contributed by atoms with Crippen molar-refractivity contribution in [3.63, 3.8) is 0 Å². The molecule has 39 heavy (non-hydrogen) atoms. The zero-order chi connectivity index (χ0) is 28.8. The van der Waals surface area contributed by atoms with Crippen LogP contribution in [-0.4, -0.2) is 111 Å². The lowest BCUT2D eigenvalue weighted by atomic mass is 9.92. The molecule has 1 aromatic heterocycles. The second-order valence-corrected chi connectivity index (χ2v) is 14.5. The van der Waals surface area contributed by atoms with Gasteiger partial charge in [0.05, 0.1) is 17.4 Å². The van der Waals surface area contributed by atoms with Crippen molar-refractivity contribution in [3.05, 3.63) is 17.6 Å². The lowest BCUT2D eigenvalue weighted by Crippen LogP contribution is -2.56. The molecular formula is C27H48N6O5S. The Morgan fingerprint density at radius 1 is 1.26 bits per heavy atom. The van der Waals surface area contributed by atoms with E-state index < -0.39 is 10.6 Å². The Kier molecular flexibility index (Phi) is 11.0. The van der Waals surface area contributed by atoms with Crippen LogP contribution in [0.1, 0.15) is 63.6 Å². The summed E-state index contributed by atoms with van der Waals surface area (Å²) in [6.45, 7) is 13.9. The summed E-state index contributed by atoms with van der Waals surface area (Å²) in [6, 6.07) is -0.170. The van der Waals surface area contributed by atoms with Gasteiger partial charge in [0.2, 0.25) is 5.91 Å². The van der Waals surface area contributed by atoms with E-state index in [2.05, 4.69) is 29.5 Å². The van der Waals surface area contributed by atoms with Crippen molar-refractivity contribution in [1.29, 1.82) is 0 Å². The van der Waals surface area contributed by atoms with Crippen LogP contribution in [0.4, 0.5) is 5.82 Å². The van der Waals surface area contributed by atoms with Crippen molar-refractivity contribution in [3.8, 4) is 0 Å². The summed E-state index contributed by atoms with van der Waals surface area (Å²) < 4.78 is 25.1. The summed E-state index contributed by atoms with van der Waals surface area (Å²) in [5.41, 5.74) is 0.153. The smallest absolute Gasteiger partial charge is 0.259 e. The standard InChI is InChI=1S/C27H48N6O5S/c1-19(2)18-33(21-14-20(15-28-16-21)24(34)32-9-12-39(36,37)13-10-32)25(35)22-17-30-26(27(3,4)5)31-23(22)29-8-7-11-38-6/h17,19-21,28,36-37H,7-16,18H2,1-6H3,(H,29,30,31)/t20-,21+/m1/s1. The molecule has 2 atom stereocenters. The molecule has 0 bridgehead atoms. The number of carbonyl (C=O) groups is 2. The maximum absolute atomic E-state index is 14.1. The maximum Gasteiger partial charge on any atom is 0.259 e. The van der Waals surface area contributed by atoms with E-state index in [1.807, 2.05) is 25.7 Å². The molecule has 0 spiro atoms. The highest BCUT2D eigenvalue weighted by molar-refractivity contribution is 8.24. The minimum atomic E-state index is -2.57. The highest BCUT2D eigenvalue weighted by Gasteiger charge is 2.37. The van der Waals surface area contributed by atoms with Gasteiger partial charge >= 0.3 is 0 Å². The summed E-state index contributed by atoms with van der Waals surface area (Å²) in [4.78, 5) is 40.4. The Labute approximate surface area is 234 Å². The summed E-state index contributed by atoms with van der Waals surface area (Å²) in [5.74, 6) is 1.45. The van der Waals surface area contributed by atoms with Gasteiger partial charge < -0.3 is 25.2 Å². The normalized spacial score (nSPS) is 22.4. The molecular weight excluding hydrogens is 520 g/mol. The molecule has 0 radical (unpaired) electrons. The van der Waals surface area contributed by atoms with E-state index in [1.165, 1.54) is 0 Å². The summed E-state index contributed by atoms with van der Waals surface area (Å²) in [5, 5.41) is 6.71. The molecule has 2 saturated heterocycles. The molecule has 3 heterocycles. The average molecular weight is 569 g/mol. The molecule has 1 aromatic rings. The van der Waals surface area contributed by atoms with Crippen LogP contribution in [0.15, 0.2) is 6.20 Å². The van der Waals surface area contributed by atoms with Crippen LogP contribution in [0.2, 0.25) is 0 Å². The maximum atomic E-state index is 14.1. The number of anilines is 1. The molecule has 0 saturated carbocycles. The van der Waals surface area contributed by atoms with Crippen molar-refractivity contribution in [2.24, 2.45) is 11.8 Å². The first kappa shape index (κ1) is 31.5. The van der Waals surface area contributed by atoms with Crippen molar-refractivity contribution in [2.75, 3.05) is 69.8 Å². The number of ether oxygens (including phenoxy) is 1. The van der Waals surface area contributed by atoms with E-state index >= 15 is 0 Å². The number of hydrogen-bond donors (Lipinski definition) is 4. The molecule has 0 aliphatic carbocycles. The highest BCUT2D eigenvalue weighted by atomic mass is 32.3. The summed E-state index contributed by atoms with van der Waals surface area (Å²) in [7, 11) is -0.911. The lowest BCUT2D eigenvalue weighted by Gasteiger charge is -2.43. The van der Waals surface area contributed by atoms with E-state index in [4.69, 9.17) is 9.72 Å². The molecule has 3 rings (SSSR count). The largest absolute Gasteiger partial charge is 0.385 e.